The van der Waals surface area contributed by atoms with Crippen molar-refractivity contribution >= 4 is 11.9 Å². The van der Waals surface area contributed by atoms with Crippen LogP contribution in [0.1, 0.15) is 54.5 Å². The summed E-state index contributed by atoms with van der Waals surface area (Å²) in [5.41, 5.74) is 4.26. The lowest BCUT2D eigenvalue weighted by Gasteiger charge is -2.23. The van der Waals surface area contributed by atoms with E-state index in [0.717, 1.165) is 29.2 Å². The number of aryl methyl sites for hydroxylation is 1. The van der Waals surface area contributed by atoms with Gasteiger partial charge in [0.25, 0.3) is 5.91 Å². The highest BCUT2D eigenvalue weighted by molar-refractivity contribution is 5.94. The number of carbonyl (C=O) groups excluding carboxylic acids is 1. The van der Waals surface area contributed by atoms with Gasteiger partial charge in [-0.15, -0.1) is 0 Å². The Bertz CT molecular complexity index is 807. The van der Waals surface area contributed by atoms with Crippen molar-refractivity contribution in [1.82, 2.24) is 14.7 Å². The first kappa shape index (κ1) is 20.7. The summed E-state index contributed by atoms with van der Waals surface area (Å²) in [5, 5.41) is 13.5. The molecule has 0 atom stereocenters. The van der Waals surface area contributed by atoms with Gasteiger partial charge in [-0.1, -0.05) is 13.8 Å². The Morgan fingerprint density at radius 3 is 2.33 bits per heavy atom. The number of amides is 1. The van der Waals surface area contributed by atoms with Crippen molar-refractivity contribution < 1.29 is 14.7 Å². The molecule has 27 heavy (non-hydrogen) atoms. The minimum absolute atomic E-state index is 0.0354. The number of aromatic nitrogens is 2. The van der Waals surface area contributed by atoms with Gasteiger partial charge in [0.05, 0.1) is 11.4 Å². The SMILES string of the molecule is CCN(CC(C)C)C(=O)c1ccc(-n2nc(C)c(CCC(=O)O)c2C)cc1. The molecule has 0 aliphatic carbocycles. The minimum Gasteiger partial charge on any atom is -0.481 e. The molecule has 0 aliphatic heterocycles. The second-order valence-corrected chi connectivity index (χ2v) is 7.24. The molecule has 2 aromatic rings. The number of hydrogen-bond donors (Lipinski definition) is 1. The third-order valence-corrected chi connectivity index (χ3v) is 4.64. The van der Waals surface area contributed by atoms with Gasteiger partial charge in [0, 0.05) is 30.8 Å². The Kier molecular flexibility index (Phi) is 6.77. The van der Waals surface area contributed by atoms with Gasteiger partial charge in [-0.3, -0.25) is 9.59 Å². The zero-order chi connectivity index (χ0) is 20.1. The molecule has 1 aromatic carbocycles. The predicted octanol–water partition coefficient (Wildman–Crippen LogP) is 3.62. The van der Waals surface area contributed by atoms with Crippen molar-refractivity contribution in [2.45, 2.75) is 47.5 Å². The van der Waals surface area contributed by atoms with Gasteiger partial charge in [-0.05, 0) is 62.9 Å². The topological polar surface area (TPSA) is 75.4 Å². The summed E-state index contributed by atoms with van der Waals surface area (Å²) in [6.07, 6.45) is 0.549. The fourth-order valence-corrected chi connectivity index (χ4v) is 3.24. The van der Waals surface area contributed by atoms with Gasteiger partial charge in [0.2, 0.25) is 0 Å². The number of rotatable bonds is 8. The summed E-state index contributed by atoms with van der Waals surface area (Å²) in [6.45, 7) is 11.4. The first-order valence-electron chi connectivity index (χ1n) is 9.41. The van der Waals surface area contributed by atoms with Crippen molar-refractivity contribution in [1.29, 1.82) is 0 Å². The Morgan fingerprint density at radius 1 is 1.19 bits per heavy atom. The molecule has 0 bridgehead atoms. The molecular weight excluding hydrogens is 342 g/mol. The average molecular weight is 371 g/mol. The van der Waals surface area contributed by atoms with Crippen molar-refractivity contribution in [2.75, 3.05) is 13.1 Å². The van der Waals surface area contributed by atoms with Crippen LogP contribution in [0.15, 0.2) is 24.3 Å². The van der Waals surface area contributed by atoms with Crippen LogP contribution in [-0.4, -0.2) is 44.8 Å². The second kappa shape index (κ2) is 8.84. The van der Waals surface area contributed by atoms with Gasteiger partial charge in [-0.2, -0.15) is 5.10 Å². The summed E-state index contributed by atoms with van der Waals surface area (Å²) in [5.74, 6) is -0.355. The molecule has 1 heterocycles. The highest BCUT2D eigenvalue weighted by Gasteiger charge is 2.17. The fourth-order valence-electron chi connectivity index (χ4n) is 3.24. The molecule has 1 aromatic heterocycles. The lowest BCUT2D eigenvalue weighted by molar-refractivity contribution is -0.136. The maximum atomic E-state index is 12.7. The maximum Gasteiger partial charge on any atom is 0.303 e. The van der Waals surface area contributed by atoms with E-state index in [9.17, 15) is 9.59 Å². The molecule has 1 amide bonds. The lowest BCUT2D eigenvalue weighted by Crippen LogP contribution is -2.33. The van der Waals surface area contributed by atoms with E-state index in [1.165, 1.54) is 0 Å². The number of hydrogen-bond acceptors (Lipinski definition) is 3. The van der Waals surface area contributed by atoms with E-state index in [0.29, 0.717) is 24.4 Å². The number of carboxylic acids is 1. The normalized spacial score (nSPS) is 11.0. The Balaban J connectivity index is 2.23. The third-order valence-electron chi connectivity index (χ3n) is 4.64. The van der Waals surface area contributed by atoms with Gasteiger partial charge < -0.3 is 10.0 Å². The van der Waals surface area contributed by atoms with Gasteiger partial charge in [-0.25, -0.2) is 4.68 Å². The number of carboxylic acid groups (broad SMARTS) is 1. The van der Waals surface area contributed by atoms with Crippen molar-refractivity contribution in [3.05, 3.63) is 46.8 Å². The Morgan fingerprint density at radius 2 is 1.81 bits per heavy atom. The van der Waals surface area contributed by atoms with E-state index >= 15 is 0 Å². The zero-order valence-corrected chi connectivity index (χ0v) is 16.8. The van der Waals surface area contributed by atoms with Crippen LogP contribution in [-0.2, 0) is 11.2 Å². The molecule has 0 saturated heterocycles. The standard InChI is InChI=1S/C21H29N3O3/c1-6-23(13-14(2)3)21(27)17-7-9-18(10-8-17)24-16(5)19(15(4)22-24)11-12-20(25)26/h7-10,14H,6,11-13H2,1-5H3,(H,25,26). The monoisotopic (exact) mass is 371 g/mol. The summed E-state index contributed by atoms with van der Waals surface area (Å²) in [7, 11) is 0. The van der Waals surface area contributed by atoms with Gasteiger partial charge >= 0.3 is 5.97 Å². The van der Waals surface area contributed by atoms with Crippen LogP contribution in [0.25, 0.3) is 5.69 Å². The molecule has 6 heteroatoms. The number of aliphatic carboxylic acids is 1. The van der Waals surface area contributed by atoms with E-state index in [4.69, 9.17) is 5.11 Å². The second-order valence-electron chi connectivity index (χ2n) is 7.24. The Labute approximate surface area is 160 Å². The molecule has 0 radical (unpaired) electrons. The molecule has 0 saturated carbocycles. The molecule has 0 aliphatic rings. The molecule has 1 N–H and O–H groups in total. The molecule has 2 rings (SSSR count). The Hall–Kier alpha value is -2.63. The quantitative estimate of drug-likeness (QED) is 0.769. The average Bonchev–Trinajstić information content (AvgIpc) is 2.91. The molecule has 6 nitrogen and oxygen atoms in total. The summed E-state index contributed by atoms with van der Waals surface area (Å²) in [4.78, 5) is 25.4. The highest BCUT2D eigenvalue weighted by Crippen LogP contribution is 2.20. The van der Waals surface area contributed by atoms with Crippen LogP contribution in [0.5, 0.6) is 0 Å². The van der Waals surface area contributed by atoms with Gasteiger partial charge in [0.15, 0.2) is 0 Å². The van der Waals surface area contributed by atoms with Crippen LogP contribution < -0.4 is 0 Å². The zero-order valence-electron chi connectivity index (χ0n) is 16.8. The van der Waals surface area contributed by atoms with Gasteiger partial charge in [0.1, 0.15) is 0 Å². The van der Waals surface area contributed by atoms with Crippen LogP contribution in [0.4, 0.5) is 0 Å². The van der Waals surface area contributed by atoms with E-state index < -0.39 is 5.97 Å². The van der Waals surface area contributed by atoms with Crippen LogP contribution >= 0.6 is 0 Å². The van der Waals surface area contributed by atoms with E-state index in [2.05, 4.69) is 18.9 Å². The van der Waals surface area contributed by atoms with Crippen molar-refractivity contribution in [2.24, 2.45) is 5.92 Å². The molecule has 0 unspecified atom stereocenters. The molecule has 0 spiro atoms. The lowest BCUT2D eigenvalue weighted by atomic mass is 10.1. The van der Waals surface area contributed by atoms with E-state index in [1.807, 2.05) is 54.6 Å². The third kappa shape index (κ3) is 4.96. The molecule has 0 fully saturated rings. The first-order valence-corrected chi connectivity index (χ1v) is 9.41. The van der Waals surface area contributed by atoms with E-state index in [1.54, 1.807) is 0 Å². The highest BCUT2D eigenvalue weighted by atomic mass is 16.4. The minimum atomic E-state index is -0.814. The number of nitrogens with zero attached hydrogens (tertiary/aromatic N) is 3. The fraction of sp³-hybridized carbons (Fsp3) is 0.476. The van der Waals surface area contributed by atoms with E-state index in [-0.39, 0.29) is 12.3 Å². The van der Waals surface area contributed by atoms with Crippen LogP contribution in [0.2, 0.25) is 0 Å². The largest absolute Gasteiger partial charge is 0.481 e. The van der Waals surface area contributed by atoms with Crippen molar-refractivity contribution in [3.8, 4) is 5.69 Å². The predicted molar refractivity (Wildman–Crippen MR) is 105 cm³/mol. The summed E-state index contributed by atoms with van der Waals surface area (Å²) >= 11 is 0. The number of carbonyl (C=O) groups is 2. The molecule has 146 valence electrons. The maximum absolute atomic E-state index is 12.7. The van der Waals surface area contributed by atoms with Crippen LogP contribution in [0.3, 0.4) is 0 Å². The van der Waals surface area contributed by atoms with Crippen LogP contribution in [0, 0.1) is 19.8 Å². The number of benzene rings is 1. The first-order chi connectivity index (χ1) is 12.7. The smallest absolute Gasteiger partial charge is 0.303 e. The molecular formula is C21H29N3O3. The summed E-state index contributed by atoms with van der Waals surface area (Å²) in [6, 6.07) is 7.43. The summed E-state index contributed by atoms with van der Waals surface area (Å²) < 4.78 is 1.81. The van der Waals surface area contributed by atoms with Crippen molar-refractivity contribution in [3.63, 3.8) is 0 Å².